The number of ether oxygens (including phenoxy) is 2. The van der Waals surface area contributed by atoms with Gasteiger partial charge in [-0.15, -0.1) is 11.3 Å². The maximum Gasteiger partial charge on any atom is 0.328 e. The van der Waals surface area contributed by atoms with Crippen LogP contribution in [0.4, 0.5) is 5.13 Å². The fraction of sp³-hybridized carbons (Fsp3) is 0.353. The summed E-state index contributed by atoms with van der Waals surface area (Å²) in [5.41, 5.74) is 4.66. The van der Waals surface area contributed by atoms with Gasteiger partial charge in [-0.2, -0.15) is 0 Å². The number of aromatic nitrogens is 2. The number of carbonyl (C=O) groups excluding carboxylic acids is 2. The van der Waals surface area contributed by atoms with Crippen molar-refractivity contribution >= 4 is 45.3 Å². The third-order valence-corrected chi connectivity index (χ3v) is 8.88. The molecule has 1 saturated heterocycles. The van der Waals surface area contributed by atoms with Gasteiger partial charge < -0.3 is 19.7 Å². The van der Waals surface area contributed by atoms with Crippen LogP contribution in [0, 0.1) is 5.92 Å². The summed E-state index contributed by atoms with van der Waals surface area (Å²) in [7, 11) is 1.36. The molecule has 4 heterocycles. The van der Waals surface area contributed by atoms with Crippen molar-refractivity contribution in [2.45, 2.75) is 57.7 Å². The highest BCUT2D eigenvalue weighted by atomic mass is 32.1. The van der Waals surface area contributed by atoms with Gasteiger partial charge in [-0.1, -0.05) is 62.4 Å². The zero-order valence-corrected chi connectivity index (χ0v) is 25.5. The molecule has 1 amide bonds. The van der Waals surface area contributed by atoms with Gasteiger partial charge in [-0.25, -0.2) is 14.8 Å². The van der Waals surface area contributed by atoms with E-state index in [1.165, 1.54) is 18.4 Å². The second kappa shape index (κ2) is 12.6. The first kappa shape index (κ1) is 28.9. The minimum Gasteiger partial charge on any atom is -0.488 e. The maximum absolute atomic E-state index is 14.1. The summed E-state index contributed by atoms with van der Waals surface area (Å²) < 4.78 is 11.8. The number of anilines is 1. The van der Waals surface area contributed by atoms with Gasteiger partial charge in [-0.3, -0.25) is 4.79 Å². The number of aryl methyl sites for hydroxylation is 1. The molecular weight excluding hydrogens is 560 g/mol. The summed E-state index contributed by atoms with van der Waals surface area (Å²) >= 11 is 1.50. The smallest absolute Gasteiger partial charge is 0.328 e. The number of hydrogen-bond acceptors (Lipinski definition) is 8. The topological polar surface area (TPSA) is 93.7 Å². The van der Waals surface area contributed by atoms with Crippen LogP contribution in [0.5, 0.6) is 5.75 Å². The number of methoxy groups -OCH3 is 1. The number of pyridine rings is 1. The van der Waals surface area contributed by atoms with Crippen molar-refractivity contribution in [2.24, 2.45) is 5.92 Å². The lowest BCUT2D eigenvalue weighted by Gasteiger charge is -2.29. The third kappa shape index (κ3) is 6.27. The van der Waals surface area contributed by atoms with Crippen molar-refractivity contribution in [3.05, 3.63) is 77.3 Å². The molecule has 3 atom stereocenters. The van der Waals surface area contributed by atoms with Crippen molar-refractivity contribution in [1.29, 1.82) is 0 Å². The Labute approximate surface area is 255 Å². The zero-order chi connectivity index (χ0) is 29.9. The second-order valence-corrected chi connectivity index (χ2v) is 12.3. The lowest BCUT2D eigenvalue weighted by molar-refractivity contribution is -0.151. The van der Waals surface area contributed by atoms with Crippen molar-refractivity contribution in [2.75, 3.05) is 19.0 Å². The molecule has 1 fully saturated rings. The number of fused-ring (bicyclic) bond motifs is 5. The molecule has 2 aromatic heterocycles. The summed E-state index contributed by atoms with van der Waals surface area (Å²) in [6.07, 6.45) is 6.97. The van der Waals surface area contributed by atoms with Crippen LogP contribution in [0.3, 0.4) is 0 Å². The minimum atomic E-state index is -0.747. The van der Waals surface area contributed by atoms with Crippen LogP contribution in [0.1, 0.15) is 44.4 Å². The molecule has 0 saturated carbocycles. The summed E-state index contributed by atoms with van der Waals surface area (Å²) in [4.78, 5) is 38.4. The van der Waals surface area contributed by atoms with Crippen molar-refractivity contribution in [1.82, 2.24) is 14.9 Å². The van der Waals surface area contributed by atoms with Crippen LogP contribution >= 0.6 is 11.3 Å². The Balaban J connectivity index is 1.42. The Hall–Kier alpha value is -4.24. The molecule has 2 aliphatic heterocycles. The predicted octanol–water partition coefficient (Wildman–Crippen LogP) is 6.37. The molecule has 8 nitrogen and oxygen atoms in total. The van der Waals surface area contributed by atoms with E-state index in [1.54, 1.807) is 4.90 Å². The lowest BCUT2D eigenvalue weighted by atomic mass is 10.0. The van der Waals surface area contributed by atoms with Gasteiger partial charge in [0.15, 0.2) is 5.13 Å². The summed E-state index contributed by atoms with van der Waals surface area (Å²) in [5, 5.41) is 7.01. The van der Waals surface area contributed by atoms with E-state index < -0.39 is 24.2 Å². The Morgan fingerprint density at radius 3 is 2.77 bits per heavy atom. The zero-order valence-electron chi connectivity index (χ0n) is 24.7. The molecule has 2 aliphatic rings. The normalized spacial score (nSPS) is 21.5. The maximum atomic E-state index is 14.1. The first-order chi connectivity index (χ1) is 20.9. The van der Waals surface area contributed by atoms with Gasteiger partial charge in [0.1, 0.15) is 23.9 Å². The van der Waals surface area contributed by atoms with Crippen LogP contribution in [0.15, 0.2) is 66.1 Å². The Morgan fingerprint density at radius 2 is 1.98 bits per heavy atom. The molecule has 0 spiro atoms. The predicted molar refractivity (Wildman–Crippen MR) is 170 cm³/mol. The highest BCUT2D eigenvalue weighted by molar-refractivity contribution is 7.13. The average molecular weight is 597 g/mol. The van der Waals surface area contributed by atoms with Gasteiger partial charge >= 0.3 is 5.97 Å². The Morgan fingerprint density at radius 1 is 1.14 bits per heavy atom. The average Bonchev–Trinajstić information content (AvgIpc) is 3.66. The van der Waals surface area contributed by atoms with E-state index in [2.05, 4.69) is 29.6 Å². The summed E-state index contributed by atoms with van der Waals surface area (Å²) in [5.74, 6) is 0.0293. The fourth-order valence-electron chi connectivity index (χ4n) is 5.77. The minimum absolute atomic E-state index is 0.0339. The monoisotopic (exact) mass is 596 g/mol. The van der Waals surface area contributed by atoms with Gasteiger partial charge in [0.2, 0.25) is 5.91 Å². The van der Waals surface area contributed by atoms with Gasteiger partial charge in [0, 0.05) is 28.8 Å². The van der Waals surface area contributed by atoms with E-state index in [4.69, 9.17) is 19.4 Å². The number of rotatable bonds is 3. The lowest BCUT2D eigenvalue weighted by Crippen LogP contribution is -2.50. The second-order valence-electron chi connectivity index (χ2n) is 11.5. The van der Waals surface area contributed by atoms with E-state index >= 15 is 0 Å². The molecule has 222 valence electrons. The first-order valence-electron chi connectivity index (χ1n) is 14.8. The van der Waals surface area contributed by atoms with Crippen LogP contribution in [0.25, 0.3) is 28.2 Å². The third-order valence-electron chi connectivity index (χ3n) is 8.05. The number of hydrogen-bond donors (Lipinski definition) is 1. The van der Waals surface area contributed by atoms with Crippen molar-refractivity contribution < 1.29 is 19.1 Å². The fourth-order valence-corrected chi connectivity index (χ4v) is 6.55. The standard InChI is InChI=1S/C34H36N4O4S/c1-21(2)31-32(39)38-19-25(17-29(38)33(40)41-3)42-30-18-28(23-11-7-5-8-12-23)36-27-15-14-22(16-26(27)30)10-6-4-9-13-24-20-43-34(35-24)37-31/h5-8,10-12,14-16,18,20-21,25,29,31H,4,9,13,17,19H2,1-3H3,(H,35,37)/b10-6+/t25-,29+,31+/m1/s1. The van der Waals surface area contributed by atoms with Gasteiger partial charge in [0.25, 0.3) is 0 Å². The molecule has 0 radical (unpaired) electrons. The molecule has 6 rings (SSSR count). The SMILES string of the molecule is COC(=O)[C@@H]1C[C@@H]2CN1C(=O)[C@H](C(C)C)Nc1nc(cs1)CCC/C=C/c1ccc3nc(-c4ccccc4)cc(c3c1)O2. The van der Waals surface area contributed by atoms with Crippen LogP contribution in [-0.4, -0.2) is 58.6 Å². The number of thiazole rings is 1. The van der Waals surface area contributed by atoms with Gasteiger partial charge in [-0.05, 0) is 42.9 Å². The highest BCUT2D eigenvalue weighted by Gasteiger charge is 2.44. The van der Waals surface area contributed by atoms with Crippen LogP contribution in [0.2, 0.25) is 0 Å². The number of nitrogens with one attached hydrogen (secondary N) is 1. The molecule has 0 unspecified atom stereocenters. The largest absolute Gasteiger partial charge is 0.488 e. The Bertz CT molecular complexity index is 1650. The quantitative estimate of drug-likeness (QED) is 0.275. The summed E-state index contributed by atoms with van der Waals surface area (Å²) in [6.45, 7) is 4.25. The number of esters is 1. The molecule has 43 heavy (non-hydrogen) atoms. The number of benzene rings is 2. The number of amides is 1. The molecule has 6 bridgehead atoms. The van der Waals surface area contributed by atoms with Gasteiger partial charge in [0.05, 0.1) is 30.6 Å². The number of carbonyl (C=O) groups is 2. The van der Waals surface area contributed by atoms with Crippen molar-refractivity contribution in [3.8, 4) is 17.0 Å². The molecule has 1 N–H and O–H groups in total. The van der Waals surface area contributed by atoms with E-state index in [-0.39, 0.29) is 18.4 Å². The number of allylic oxidation sites excluding steroid dienone is 1. The molecule has 4 aromatic rings. The van der Waals surface area contributed by atoms with Crippen molar-refractivity contribution in [3.63, 3.8) is 0 Å². The summed E-state index contributed by atoms with van der Waals surface area (Å²) in [6, 6.07) is 16.8. The van der Waals surface area contributed by atoms with Crippen LogP contribution < -0.4 is 10.1 Å². The molecule has 0 aliphatic carbocycles. The first-order valence-corrected chi connectivity index (χ1v) is 15.7. The van der Waals surface area contributed by atoms with E-state index in [0.29, 0.717) is 17.3 Å². The number of nitrogens with zero attached hydrogens (tertiary/aromatic N) is 3. The molecular formula is C34H36N4O4S. The van der Waals surface area contributed by atoms with Crippen LogP contribution in [-0.2, 0) is 20.7 Å². The molecule has 9 heteroatoms. The highest BCUT2D eigenvalue weighted by Crippen LogP contribution is 2.34. The van der Waals surface area contributed by atoms with E-state index in [1.807, 2.05) is 61.7 Å². The molecule has 2 aromatic carbocycles. The van der Waals surface area contributed by atoms with E-state index in [9.17, 15) is 9.59 Å². The Kier molecular flexibility index (Phi) is 8.42. The van der Waals surface area contributed by atoms with E-state index in [0.717, 1.165) is 52.7 Å².